The van der Waals surface area contributed by atoms with E-state index < -0.39 is 4.67 Å². The van der Waals surface area contributed by atoms with Crippen LogP contribution < -0.4 is 56.3 Å². The Labute approximate surface area is 182 Å². The topological polar surface area (TPSA) is 23.1 Å². The fourth-order valence-corrected chi connectivity index (χ4v) is 8.68. The Hall–Kier alpha value is 2.95. The molecule has 0 N–H and O–H groups in total. The summed E-state index contributed by atoms with van der Waals surface area (Å²) in [5.41, 5.74) is 0. The second kappa shape index (κ2) is 18.3. The van der Waals surface area contributed by atoms with Crippen LogP contribution in [0.25, 0.3) is 0 Å². The van der Waals surface area contributed by atoms with Crippen molar-refractivity contribution in [1.82, 2.24) is 0 Å². The van der Waals surface area contributed by atoms with E-state index in [-0.39, 0.29) is 51.4 Å². The van der Waals surface area contributed by atoms with E-state index in [0.29, 0.717) is 0 Å². The second-order valence-corrected chi connectivity index (χ2v) is 15.4. The molecule has 0 aliphatic heterocycles. The van der Waals surface area contributed by atoms with Crippen LogP contribution in [0.4, 0.5) is 0 Å². The molecule has 0 saturated carbocycles. The smallest absolute Gasteiger partial charge is 0.806 e. The zero-order chi connectivity index (χ0) is 14.4. The van der Waals surface area contributed by atoms with Crippen LogP contribution in [0.1, 0.15) is 78.1 Å². The Morgan fingerprint density at radius 3 is 1.45 bits per heavy atom. The van der Waals surface area contributed by atoms with Crippen molar-refractivity contribution >= 4 is 39.2 Å². The van der Waals surface area contributed by atoms with Crippen molar-refractivity contribution in [2.45, 2.75) is 78.1 Å². The Morgan fingerprint density at radius 1 is 0.750 bits per heavy atom. The van der Waals surface area contributed by atoms with Crippen LogP contribution in [-0.4, -0.2) is 11.5 Å². The average molecular weight is 381 g/mol. The van der Waals surface area contributed by atoms with Crippen LogP contribution in [0.2, 0.25) is 0 Å². The van der Waals surface area contributed by atoms with Gasteiger partial charge in [0, 0.05) is 0 Å². The largest absolute Gasteiger partial charge is 1.00 e. The zero-order valence-electron chi connectivity index (χ0n) is 13.6. The van der Waals surface area contributed by atoms with Crippen LogP contribution in [0, 0.1) is 0 Å². The van der Waals surface area contributed by atoms with Crippen molar-refractivity contribution in [3.8, 4) is 0 Å². The van der Waals surface area contributed by atoms with Crippen LogP contribution in [0.5, 0.6) is 0 Å². The van der Waals surface area contributed by atoms with E-state index in [0.717, 1.165) is 11.5 Å². The third-order valence-electron chi connectivity index (χ3n) is 2.99. The number of hydrogen-bond donors (Lipinski definition) is 0. The Kier molecular flexibility index (Phi) is 23.0. The van der Waals surface area contributed by atoms with Gasteiger partial charge in [0.05, 0.1) is 0 Å². The first-order valence-corrected chi connectivity index (χ1v) is 13.6. The van der Waals surface area contributed by atoms with Gasteiger partial charge in [-0.3, -0.25) is 0 Å². The third-order valence-corrected chi connectivity index (χ3v) is 11.4. The van der Waals surface area contributed by atoms with Crippen LogP contribution >= 0.6 is 27.4 Å². The van der Waals surface area contributed by atoms with Crippen molar-refractivity contribution in [2.75, 3.05) is 11.5 Å². The minimum Gasteiger partial charge on any atom is -0.806 e. The minimum absolute atomic E-state index is 0. The molecule has 0 fully saturated rings. The van der Waals surface area contributed by atoms with Gasteiger partial charge in [-0.15, -0.1) is 22.8 Å². The van der Waals surface area contributed by atoms with Crippen LogP contribution in [-0.2, 0) is 11.8 Å². The molecule has 0 saturated heterocycles. The summed E-state index contributed by atoms with van der Waals surface area (Å²) < 4.78 is -2.39. The molecule has 20 heavy (non-hydrogen) atoms. The Bertz CT molecular complexity index is 222. The van der Waals surface area contributed by atoms with Gasteiger partial charge in [-0.1, -0.05) is 77.0 Å². The van der Waals surface area contributed by atoms with Gasteiger partial charge in [0.1, 0.15) is 0 Å². The normalized spacial score (nSPS) is 11.3. The molecule has 0 aromatic carbocycles. The maximum Gasteiger partial charge on any atom is 1.00 e. The summed E-state index contributed by atoms with van der Waals surface area (Å²) >= 11 is 8.30. The molecule has 0 radical (unpaired) electrons. The average Bonchev–Trinajstić information content (AvgIpc) is 2.38. The molecule has 6 heteroatoms. The fraction of sp³-hybridized carbons (Fsp3) is 1.00. The number of unbranched alkanes of at least 4 members (excludes halogenated alkanes) is 8. The van der Waals surface area contributed by atoms with Crippen LogP contribution in [0.3, 0.4) is 0 Å². The van der Waals surface area contributed by atoms with E-state index in [4.69, 9.17) is 11.8 Å². The maximum atomic E-state index is 12.1. The predicted octanol–water partition coefficient (Wildman–Crippen LogP) is 2.98. The molecular weight excluding hydrogens is 350 g/mol. The molecule has 0 aliphatic carbocycles. The summed E-state index contributed by atoms with van der Waals surface area (Å²) in [6, 6.07) is 0. The summed E-state index contributed by atoms with van der Waals surface area (Å²) in [7, 11) is 0. The van der Waals surface area contributed by atoms with E-state index in [9.17, 15) is 4.89 Å². The first kappa shape index (κ1) is 25.2. The molecule has 0 bridgehead atoms. The molecule has 0 aromatic heterocycles. The van der Waals surface area contributed by atoms with Crippen molar-refractivity contribution < 1.29 is 56.3 Å². The van der Waals surface area contributed by atoms with Gasteiger partial charge in [0.15, 0.2) is 0 Å². The van der Waals surface area contributed by atoms with E-state index in [2.05, 4.69) is 13.8 Å². The van der Waals surface area contributed by atoms with Crippen molar-refractivity contribution in [3.05, 3.63) is 0 Å². The summed E-state index contributed by atoms with van der Waals surface area (Å²) in [5.74, 6) is 1.96. The predicted molar refractivity (Wildman–Crippen MR) is 96.7 cm³/mol. The van der Waals surface area contributed by atoms with Crippen molar-refractivity contribution in [3.63, 3.8) is 0 Å². The molecule has 1 nitrogen and oxygen atoms in total. The molecule has 0 aliphatic rings. The minimum atomic E-state index is -2.39. The summed E-state index contributed by atoms with van der Waals surface area (Å²) in [6.45, 7) is 4.45. The van der Waals surface area contributed by atoms with Crippen molar-refractivity contribution in [1.29, 1.82) is 0 Å². The summed E-state index contributed by atoms with van der Waals surface area (Å²) in [4.78, 5) is 12.1. The molecule has 0 atom stereocenters. The van der Waals surface area contributed by atoms with Gasteiger partial charge in [-0.2, -0.15) is 0 Å². The molecule has 0 unspecified atom stereocenters. The summed E-state index contributed by atoms with van der Waals surface area (Å²) in [5, 5.41) is 0. The molecule has 0 rings (SSSR count). The van der Waals surface area contributed by atoms with E-state index in [1.807, 2.05) is 0 Å². The molecule has 0 spiro atoms. The maximum absolute atomic E-state index is 12.1. The monoisotopic (exact) mass is 380 g/mol. The van der Waals surface area contributed by atoms with Gasteiger partial charge in [-0.25, -0.2) is 0 Å². The fourth-order valence-electron chi connectivity index (χ4n) is 1.80. The van der Waals surface area contributed by atoms with Gasteiger partial charge in [-0.05, 0) is 29.0 Å². The van der Waals surface area contributed by atoms with Gasteiger partial charge in [0.25, 0.3) is 0 Å². The molecule has 0 amide bonds. The standard InChI is InChI=1S/C14H31OPS3.K/c1-3-5-7-9-11-13-18-16(15,17)19-14-12-10-8-6-4-2;/h3-14H2,1-2H3,(H,15,17);/q;+1/p-1. The Morgan fingerprint density at radius 2 is 1.10 bits per heavy atom. The van der Waals surface area contributed by atoms with E-state index in [1.165, 1.54) is 87.0 Å². The first-order valence-electron chi connectivity index (χ1n) is 7.72. The van der Waals surface area contributed by atoms with E-state index in [1.54, 1.807) is 0 Å². The quantitative estimate of drug-likeness (QED) is 0.262. The van der Waals surface area contributed by atoms with Gasteiger partial charge in [0.2, 0.25) is 0 Å². The molecular formula is C14H30KOPS3. The van der Waals surface area contributed by atoms with Crippen LogP contribution in [0.15, 0.2) is 0 Å². The van der Waals surface area contributed by atoms with E-state index >= 15 is 0 Å². The Balaban J connectivity index is 0. The molecule has 0 aromatic rings. The third kappa shape index (κ3) is 19.0. The molecule has 116 valence electrons. The zero-order valence-corrected chi connectivity index (χ0v) is 20.0. The van der Waals surface area contributed by atoms with Crippen molar-refractivity contribution in [2.24, 2.45) is 0 Å². The number of rotatable bonds is 14. The summed E-state index contributed by atoms with van der Waals surface area (Å²) in [6.07, 6.45) is 12.7. The first-order chi connectivity index (χ1) is 9.12. The van der Waals surface area contributed by atoms with Gasteiger partial charge >= 0.3 is 51.4 Å². The van der Waals surface area contributed by atoms with Gasteiger partial charge < -0.3 is 4.89 Å². The second-order valence-electron chi connectivity index (χ2n) is 4.94. The number of hydrogen-bond acceptors (Lipinski definition) is 4. The SMILES string of the molecule is CCCCCCCSP([O-])(=S)SCCCCCCC.[K+]. The molecule has 0 heterocycles.